The summed E-state index contributed by atoms with van der Waals surface area (Å²) in [5, 5.41) is 23.7. The fraction of sp³-hybridized carbons (Fsp3) is 0. The van der Waals surface area contributed by atoms with E-state index < -0.39 is 0 Å². The lowest BCUT2D eigenvalue weighted by Gasteiger charge is -2.27. The Labute approximate surface area is 276 Å². The number of hydrogen-bond acceptors (Lipinski definition) is 3. The van der Waals surface area contributed by atoms with Crippen molar-refractivity contribution in [1.82, 2.24) is 4.57 Å². The highest BCUT2D eigenvalue weighted by atomic mass is 32.2. The summed E-state index contributed by atoms with van der Waals surface area (Å²) in [6.07, 6.45) is 0. The molecular weight excluding hydrogens is 593 g/mol. The fourth-order valence-corrected chi connectivity index (χ4v) is 8.01. The number of hydrogen-bond donors (Lipinski definition) is 2. The molecule has 0 fully saturated rings. The summed E-state index contributed by atoms with van der Waals surface area (Å²) in [5.74, 6) is 0.439. The summed E-state index contributed by atoms with van der Waals surface area (Å²) in [6, 6.07) is 54.1. The summed E-state index contributed by atoms with van der Waals surface area (Å²) in [7, 11) is 0. The number of aromatic nitrogens is 1. The Morgan fingerprint density at radius 2 is 1.21 bits per heavy atom. The molecule has 0 saturated carbocycles. The van der Waals surface area contributed by atoms with E-state index in [-0.39, 0.29) is 11.8 Å². The average molecular weight is 621 g/mol. The van der Waals surface area contributed by atoms with Gasteiger partial charge in [0.1, 0.15) is 5.84 Å². The monoisotopic (exact) mass is 620 g/mol. The molecule has 8 aromatic rings. The lowest BCUT2D eigenvalue weighted by Crippen LogP contribution is -2.40. The Hall–Kier alpha value is -5.91. The van der Waals surface area contributed by atoms with Gasteiger partial charge in [-0.2, -0.15) is 0 Å². The minimum absolute atomic E-state index is 0.196. The van der Waals surface area contributed by atoms with Crippen molar-refractivity contribution in [3.05, 3.63) is 163 Å². The molecule has 4 nitrogen and oxygen atoms in total. The summed E-state index contributed by atoms with van der Waals surface area (Å²) in [6.45, 7) is 0. The standard InChI is InChI=1S/C42H28N4S/c43-41(28-11-3-1-4-12-28)45(31-15-5-2-6-16-31)42(44)46-36-19-8-7-17-32(36)34-25-29(21-23-37(34)46)30-22-24-38-35(26-30)33-18-9-13-27-14-10-20-39(47-38)40(27)33/h1-26,43-44H. The van der Waals surface area contributed by atoms with Crippen LogP contribution in [0.4, 0.5) is 5.69 Å². The molecule has 1 aliphatic rings. The van der Waals surface area contributed by atoms with Gasteiger partial charge in [-0.05, 0) is 76.2 Å². The van der Waals surface area contributed by atoms with Crippen molar-refractivity contribution in [3.8, 4) is 22.3 Å². The van der Waals surface area contributed by atoms with Crippen LogP contribution in [-0.2, 0) is 0 Å². The molecule has 0 aliphatic carbocycles. The molecule has 7 aromatic carbocycles. The van der Waals surface area contributed by atoms with Crippen LogP contribution in [0, 0.1) is 10.8 Å². The minimum Gasteiger partial charge on any atom is -0.283 e. The van der Waals surface area contributed by atoms with Crippen molar-refractivity contribution in [2.24, 2.45) is 0 Å². The number of rotatable bonds is 3. The first kappa shape index (κ1) is 27.4. The molecule has 2 N–H and O–H groups in total. The molecular formula is C42H28N4S. The van der Waals surface area contributed by atoms with Gasteiger partial charge >= 0.3 is 0 Å². The molecule has 0 amide bonds. The van der Waals surface area contributed by atoms with Crippen molar-refractivity contribution in [2.75, 3.05) is 4.90 Å². The minimum atomic E-state index is 0.196. The van der Waals surface area contributed by atoms with Crippen LogP contribution in [0.3, 0.4) is 0 Å². The van der Waals surface area contributed by atoms with E-state index in [2.05, 4.69) is 91.0 Å². The largest absolute Gasteiger partial charge is 0.283 e. The number of nitrogens with zero attached hydrogens (tertiary/aromatic N) is 2. The normalized spacial score (nSPS) is 11.9. The molecule has 1 aromatic heterocycles. The smallest absolute Gasteiger partial charge is 0.213 e. The van der Waals surface area contributed by atoms with Crippen molar-refractivity contribution >= 4 is 61.8 Å². The number of benzene rings is 7. The van der Waals surface area contributed by atoms with Crippen LogP contribution in [0.15, 0.2) is 168 Å². The molecule has 1 aliphatic heterocycles. The molecule has 9 rings (SSSR count). The van der Waals surface area contributed by atoms with Crippen LogP contribution in [0.5, 0.6) is 0 Å². The first-order chi connectivity index (χ1) is 23.2. The Kier molecular flexibility index (Phi) is 6.33. The van der Waals surface area contributed by atoms with E-state index in [1.165, 1.54) is 31.7 Å². The van der Waals surface area contributed by atoms with Gasteiger partial charge in [-0.15, -0.1) is 0 Å². The van der Waals surface area contributed by atoms with Gasteiger partial charge < -0.3 is 0 Å². The van der Waals surface area contributed by atoms with Crippen LogP contribution in [0.1, 0.15) is 5.56 Å². The summed E-state index contributed by atoms with van der Waals surface area (Å²) in [5.41, 5.74) is 8.19. The van der Waals surface area contributed by atoms with Gasteiger partial charge in [-0.25, -0.2) is 0 Å². The third-order valence-corrected chi connectivity index (χ3v) is 10.2. The zero-order chi connectivity index (χ0) is 31.5. The second-order valence-electron chi connectivity index (χ2n) is 11.8. The molecule has 0 bridgehead atoms. The zero-order valence-electron chi connectivity index (χ0n) is 25.3. The van der Waals surface area contributed by atoms with E-state index >= 15 is 0 Å². The number of amidine groups is 1. The summed E-state index contributed by atoms with van der Waals surface area (Å²) in [4.78, 5) is 4.29. The van der Waals surface area contributed by atoms with E-state index in [1.54, 1.807) is 4.90 Å². The van der Waals surface area contributed by atoms with Gasteiger partial charge in [-0.3, -0.25) is 20.3 Å². The van der Waals surface area contributed by atoms with Crippen LogP contribution < -0.4 is 4.90 Å². The van der Waals surface area contributed by atoms with Gasteiger partial charge in [0.25, 0.3) is 0 Å². The Balaban J connectivity index is 1.19. The Morgan fingerprint density at radius 1 is 0.532 bits per heavy atom. The van der Waals surface area contributed by atoms with Crippen molar-refractivity contribution in [2.45, 2.75) is 9.79 Å². The Morgan fingerprint density at radius 3 is 2.04 bits per heavy atom. The van der Waals surface area contributed by atoms with Crippen LogP contribution >= 0.6 is 11.8 Å². The maximum Gasteiger partial charge on any atom is 0.213 e. The highest BCUT2D eigenvalue weighted by Crippen LogP contribution is 2.49. The van der Waals surface area contributed by atoms with Crippen molar-refractivity contribution in [3.63, 3.8) is 0 Å². The quantitative estimate of drug-likeness (QED) is 0.152. The zero-order valence-corrected chi connectivity index (χ0v) is 26.1. The van der Waals surface area contributed by atoms with Gasteiger partial charge in [-0.1, -0.05) is 121 Å². The highest BCUT2D eigenvalue weighted by molar-refractivity contribution is 7.99. The molecule has 0 saturated heterocycles. The third-order valence-electron chi connectivity index (χ3n) is 9.07. The first-order valence-corrected chi connectivity index (χ1v) is 16.4. The summed E-state index contributed by atoms with van der Waals surface area (Å²) < 4.78 is 1.97. The first-order valence-electron chi connectivity index (χ1n) is 15.6. The van der Waals surface area contributed by atoms with E-state index in [0.29, 0.717) is 0 Å². The van der Waals surface area contributed by atoms with Gasteiger partial charge in [0.05, 0.1) is 16.7 Å². The molecule has 0 unspecified atom stereocenters. The van der Waals surface area contributed by atoms with E-state index in [0.717, 1.165) is 44.2 Å². The number of fused-ring (bicyclic) bond motifs is 5. The second kappa shape index (κ2) is 10.9. The maximum absolute atomic E-state index is 9.67. The predicted octanol–water partition coefficient (Wildman–Crippen LogP) is 11.1. The fourth-order valence-electron chi connectivity index (χ4n) is 6.88. The highest BCUT2D eigenvalue weighted by Gasteiger charge is 2.25. The number of anilines is 1. The molecule has 0 radical (unpaired) electrons. The predicted molar refractivity (Wildman–Crippen MR) is 197 cm³/mol. The Bertz CT molecular complexity index is 2530. The van der Waals surface area contributed by atoms with E-state index in [9.17, 15) is 10.8 Å². The number of para-hydroxylation sites is 2. The van der Waals surface area contributed by atoms with Gasteiger partial charge in [0.15, 0.2) is 0 Å². The van der Waals surface area contributed by atoms with Gasteiger partial charge in [0.2, 0.25) is 5.96 Å². The van der Waals surface area contributed by atoms with Crippen LogP contribution in [0.2, 0.25) is 0 Å². The van der Waals surface area contributed by atoms with Gasteiger partial charge in [0, 0.05) is 31.5 Å². The topological polar surface area (TPSA) is 55.9 Å². The SMILES string of the molecule is N=C(c1ccccc1)N(C(=N)n1c2ccccc2c2cc(-c3ccc4c(c3)-c3cccc5cccc(c35)S4)ccc21)c1ccccc1. The summed E-state index contributed by atoms with van der Waals surface area (Å²) >= 11 is 1.84. The molecule has 47 heavy (non-hydrogen) atoms. The van der Waals surface area contributed by atoms with E-state index in [1.807, 2.05) is 83.1 Å². The maximum atomic E-state index is 9.67. The lowest BCUT2D eigenvalue weighted by molar-refractivity contribution is 1.15. The molecule has 0 atom stereocenters. The molecule has 5 heteroatoms. The molecule has 0 spiro atoms. The third kappa shape index (κ3) is 4.39. The van der Waals surface area contributed by atoms with E-state index in [4.69, 9.17) is 0 Å². The van der Waals surface area contributed by atoms with Crippen LogP contribution in [-0.4, -0.2) is 16.4 Å². The molecule has 222 valence electrons. The molecule has 2 heterocycles. The van der Waals surface area contributed by atoms with Crippen LogP contribution in [0.25, 0.3) is 54.8 Å². The van der Waals surface area contributed by atoms with Crippen molar-refractivity contribution in [1.29, 1.82) is 10.8 Å². The second-order valence-corrected chi connectivity index (χ2v) is 12.9. The number of nitrogens with one attached hydrogen (secondary N) is 2. The van der Waals surface area contributed by atoms with Crippen molar-refractivity contribution < 1.29 is 0 Å². The lowest BCUT2D eigenvalue weighted by atomic mass is 9.94. The average Bonchev–Trinajstić information content (AvgIpc) is 3.46.